The van der Waals surface area contributed by atoms with E-state index in [4.69, 9.17) is 0 Å². The molecule has 3 rings (SSSR count). The standard InChI is InChI=1S/C15H14N4O2S/c20-14(5-7-16-15(21)11-6-8-22-9-11)18-19-10-17-12-3-1-2-4-13(12)19/h1-4,6,8-10H,5,7H2,(H,16,21)(H,18,20). The van der Waals surface area contributed by atoms with Gasteiger partial charge in [-0.3, -0.25) is 15.0 Å². The van der Waals surface area contributed by atoms with Crippen LogP contribution in [0.5, 0.6) is 0 Å². The number of benzene rings is 1. The predicted octanol–water partition coefficient (Wildman–Crippen LogP) is 1.99. The molecule has 0 unspecified atom stereocenters. The first-order valence-corrected chi connectivity index (χ1v) is 7.70. The maximum absolute atomic E-state index is 11.9. The summed E-state index contributed by atoms with van der Waals surface area (Å²) in [5, 5.41) is 6.32. The van der Waals surface area contributed by atoms with Gasteiger partial charge in [-0.1, -0.05) is 12.1 Å². The molecule has 1 aromatic carbocycles. The van der Waals surface area contributed by atoms with Crippen LogP contribution in [0.15, 0.2) is 47.4 Å². The van der Waals surface area contributed by atoms with E-state index >= 15 is 0 Å². The second-order valence-electron chi connectivity index (χ2n) is 4.66. The number of amides is 2. The van der Waals surface area contributed by atoms with Gasteiger partial charge in [0.05, 0.1) is 11.0 Å². The number of hydrogen-bond acceptors (Lipinski definition) is 4. The van der Waals surface area contributed by atoms with Gasteiger partial charge in [-0.2, -0.15) is 11.3 Å². The van der Waals surface area contributed by atoms with Gasteiger partial charge in [0.1, 0.15) is 6.33 Å². The van der Waals surface area contributed by atoms with Crippen LogP contribution in [0, 0.1) is 0 Å². The summed E-state index contributed by atoms with van der Waals surface area (Å²) in [4.78, 5) is 27.8. The lowest BCUT2D eigenvalue weighted by atomic mass is 10.3. The summed E-state index contributed by atoms with van der Waals surface area (Å²) in [6.07, 6.45) is 1.76. The average molecular weight is 314 g/mol. The molecule has 22 heavy (non-hydrogen) atoms. The van der Waals surface area contributed by atoms with Crippen molar-refractivity contribution >= 4 is 34.2 Å². The first-order chi connectivity index (χ1) is 10.7. The fourth-order valence-electron chi connectivity index (χ4n) is 2.02. The number of aromatic nitrogens is 2. The minimum absolute atomic E-state index is 0.165. The molecule has 0 saturated heterocycles. The number of rotatable bonds is 5. The van der Waals surface area contributed by atoms with E-state index in [2.05, 4.69) is 15.7 Å². The van der Waals surface area contributed by atoms with Gasteiger partial charge in [0.25, 0.3) is 5.91 Å². The smallest absolute Gasteiger partial charge is 0.252 e. The SMILES string of the molecule is O=C(CCNC(=O)c1ccsc1)Nn1cnc2ccccc21. The van der Waals surface area contributed by atoms with Crippen LogP contribution in [0.3, 0.4) is 0 Å². The first-order valence-electron chi connectivity index (χ1n) is 6.76. The van der Waals surface area contributed by atoms with Gasteiger partial charge in [-0.05, 0) is 23.6 Å². The predicted molar refractivity (Wildman–Crippen MR) is 85.4 cm³/mol. The van der Waals surface area contributed by atoms with E-state index in [9.17, 15) is 9.59 Å². The summed E-state index contributed by atoms with van der Waals surface area (Å²) in [7, 11) is 0. The van der Waals surface area contributed by atoms with E-state index in [1.165, 1.54) is 11.3 Å². The van der Waals surface area contributed by atoms with Crippen molar-refractivity contribution in [2.75, 3.05) is 12.0 Å². The van der Waals surface area contributed by atoms with E-state index in [0.29, 0.717) is 5.56 Å². The number of para-hydroxylation sites is 2. The molecule has 112 valence electrons. The fraction of sp³-hybridized carbons (Fsp3) is 0.133. The Kier molecular flexibility index (Phi) is 4.15. The normalized spacial score (nSPS) is 10.5. The molecule has 0 aliphatic carbocycles. The Hall–Kier alpha value is -2.67. The lowest BCUT2D eigenvalue weighted by molar-refractivity contribution is -0.116. The third kappa shape index (κ3) is 3.15. The molecule has 6 nitrogen and oxygen atoms in total. The second kappa shape index (κ2) is 6.40. The van der Waals surface area contributed by atoms with Crippen molar-refractivity contribution < 1.29 is 9.59 Å². The van der Waals surface area contributed by atoms with E-state index < -0.39 is 0 Å². The van der Waals surface area contributed by atoms with Gasteiger partial charge < -0.3 is 5.32 Å². The summed E-state index contributed by atoms with van der Waals surface area (Å²) in [5.74, 6) is -0.351. The molecule has 0 aliphatic rings. The summed E-state index contributed by atoms with van der Waals surface area (Å²) in [6, 6.07) is 9.27. The Morgan fingerprint density at radius 3 is 2.91 bits per heavy atom. The number of hydrogen-bond donors (Lipinski definition) is 2. The third-order valence-electron chi connectivity index (χ3n) is 3.12. The van der Waals surface area contributed by atoms with E-state index in [1.54, 1.807) is 22.4 Å². The first kappa shape index (κ1) is 14.3. The molecule has 2 N–H and O–H groups in total. The summed E-state index contributed by atoms with van der Waals surface area (Å²) >= 11 is 1.46. The molecule has 0 bridgehead atoms. The molecule has 0 aliphatic heterocycles. The number of carbonyl (C=O) groups is 2. The lowest BCUT2D eigenvalue weighted by Gasteiger charge is -2.07. The minimum atomic E-state index is -0.186. The van der Waals surface area contributed by atoms with Crippen LogP contribution in [0.25, 0.3) is 11.0 Å². The number of fused-ring (bicyclic) bond motifs is 1. The van der Waals surface area contributed by atoms with Crippen LogP contribution in [-0.4, -0.2) is 28.0 Å². The second-order valence-corrected chi connectivity index (χ2v) is 5.44. The summed E-state index contributed by atoms with van der Waals surface area (Å²) in [6.45, 7) is 0.285. The molecular formula is C15H14N4O2S. The molecule has 3 aromatic rings. The van der Waals surface area contributed by atoms with Crippen molar-refractivity contribution in [2.45, 2.75) is 6.42 Å². The molecule has 7 heteroatoms. The van der Waals surface area contributed by atoms with E-state index in [0.717, 1.165) is 11.0 Å². The maximum atomic E-state index is 11.9. The summed E-state index contributed by atoms with van der Waals surface area (Å²) in [5.41, 5.74) is 5.00. The Balaban J connectivity index is 1.51. The third-order valence-corrected chi connectivity index (χ3v) is 3.80. The Morgan fingerprint density at radius 2 is 2.09 bits per heavy atom. The number of imidazole rings is 1. The number of carbonyl (C=O) groups excluding carboxylic acids is 2. The zero-order chi connectivity index (χ0) is 15.4. The Labute approximate surface area is 130 Å². The van der Waals surface area contributed by atoms with Crippen molar-refractivity contribution in [1.82, 2.24) is 15.0 Å². The zero-order valence-electron chi connectivity index (χ0n) is 11.7. The quantitative estimate of drug-likeness (QED) is 0.756. The Bertz CT molecular complexity index is 795. The van der Waals surface area contributed by atoms with Crippen LogP contribution in [0.4, 0.5) is 0 Å². The average Bonchev–Trinajstić information content (AvgIpc) is 3.17. The van der Waals surface area contributed by atoms with Crippen LogP contribution in [-0.2, 0) is 4.79 Å². The Morgan fingerprint density at radius 1 is 1.23 bits per heavy atom. The highest BCUT2D eigenvalue weighted by atomic mass is 32.1. The molecule has 0 spiro atoms. The highest BCUT2D eigenvalue weighted by molar-refractivity contribution is 7.08. The van der Waals surface area contributed by atoms with Crippen LogP contribution >= 0.6 is 11.3 Å². The molecule has 0 radical (unpaired) electrons. The van der Waals surface area contributed by atoms with Gasteiger partial charge in [0.2, 0.25) is 5.91 Å². The van der Waals surface area contributed by atoms with Gasteiger partial charge in [0, 0.05) is 23.9 Å². The highest BCUT2D eigenvalue weighted by Gasteiger charge is 2.08. The zero-order valence-corrected chi connectivity index (χ0v) is 12.5. The van der Waals surface area contributed by atoms with Crippen molar-refractivity contribution in [3.05, 3.63) is 53.0 Å². The number of thiophene rings is 1. The maximum Gasteiger partial charge on any atom is 0.252 e. The van der Waals surface area contributed by atoms with Crippen LogP contribution in [0.2, 0.25) is 0 Å². The largest absolute Gasteiger partial charge is 0.351 e. The number of nitrogens with one attached hydrogen (secondary N) is 2. The van der Waals surface area contributed by atoms with Crippen molar-refractivity contribution in [1.29, 1.82) is 0 Å². The molecule has 2 aromatic heterocycles. The molecule has 2 amide bonds. The highest BCUT2D eigenvalue weighted by Crippen LogP contribution is 2.10. The van der Waals surface area contributed by atoms with Crippen LogP contribution < -0.4 is 10.7 Å². The topological polar surface area (TPSA) is 76.0 Å². The van der Waals surface area contributed by atoms with E-state index in [-0.39, 0.29) is 24.8 Å². The monoisotopic (exact) mass is 314 g/mol. The molecule has 0 saturated carbocycles. The van der Waals surface area contributed by atoms with Crippen molar-refractivity contribution in [3.8, 4) is 0 Å². The van der Waals surface area contributed by atoms with Gasteiger partial charge in [0.15, 0.2) is 0 Å². The summed E-state index contributed by atoms with van der Waals surface area (Å²) < 4.78 is 1.58. The van der Waals surface area contributed by atoms with Crippen LogP contribution in [0.1, 0.15) is 16.8 Å². The van der Waals surface area contributed by atoms with Gasteiger partial charge in [-0.25, -0.2) is 9.66 Å². The molecule has 0 fully saturated rings. The minimum Gasteiger partial charge on any atom is -0.351 e. The fourth-order valence-corrected chi connectivity index (χ4v) is 2.66. The van der Waals surface area contributed by atoms with Crippen molar-refractivity contribution in [2.24, 2.45) is 0 Å². The van der Waals surface area contributed by atoms with Gasteiger partial charge >= 0.3 is 0 Å². The van der Waals surface area contributed by atoms with E-state index in [1.807, 2.05) is 29.6 Å². The lowest BCUT2D eigenvalue weighted by Crippen LogP contribution is -2.29. The van der Waals surface area contributed by atoms with Crippen molar-refractivity contribution in [3.63, 3.8) is 0 Å². The molecule has 2 heterocycles. The number of nitrogens with zero attached hydrogens (tertiary/aromatic N) is 2. The molecule has 0 atom stereocenters. The van der Waals surface area contributed by atoms with Gasteiger partial charge in [-0.15, -0.1) is 0 Å². The molecular weight excluding hydrogens is 300 g/mol.